The van der Waals surface area contributed by atoms with E-state index in [1.54, 1.807) is 29.0 Å². The van der Waals surface area contributed by atoms with E-state index < -0.39 is 0 Å². The summed E-state index contributed by atoms with van der Waals surface area (Å²) < 4.78 is 1.76. The van der Waals surface area contributed by atoms with Gasteiger partial charge in [-0.1, -0.05) is 15.9 Å². The van der Waals surface area contributed by atoms with Crippen LogP contribution in [0.25, 0.3) is 0 Å². The van der Waals surface area contributed by atoms with E-state index >= 15 is 0 Å². The number of rotatable bonds is 3. The molecule has 1 unspecified atom stereocenters. The van der Waals surface area contributed by atoms with Gasteiger partial charge < -0.3 is 9.47 Å². The predicted molar refractivity (Wildman–Crippen MR) is 58.6 cm³/mol. The number of halogens is 1. The number of alkyl halides is 1. The Kier molecular flexibility index (Phi) is 3.69. The van der Waals surface area contributed by atoms with E-state index in [-0.39, 0.29) is 11.9 Å². The molecule has 1 amide bonds. The predicted octanol–water partition coefficient (Wildman–Crippen LogP) is 1.28. The molecule has 1 atom stereocenters. The molecule has 0 saturated carbocycles. The monoisotopic (exact) mass is 259 g/mol. The van der Waals surface area contributed by atoms with Gasteiger partial charge in [0.25, 0.3) is 5.91 Å². The molecule has 1 rings (SSSR count). The second-order valence-corrected chi connectivity index (χ2v) is 3.99. The maximum atomic E-state index is 11.8. The van der Waals surface area contributed by atoms with Gasteiger partial charge in [0.15, 0.2) is 0 Å². The number of imidazole rings is 1. The largest absolute Gasteiger partial charge is 0.340 e. The maximum Gasteiger partial charge on any atom is 0.274 e. The molecule has 0 aromatic carbocycles. The second-order valence-electron chi connectivity index (χ2n) is 3.34. The van der Waals surface area contributed by atoms with Gasteiger partial charge in [-0.3, -0.25) is 4.79 Å². The molecule has 0 aliphatic rings. The standard InChI is InChI=1S/C9H14BrN3O/c1-7(4-10)13(3)9(14)8-5-12(2)6-11-8/h5-7H,4H2,1-3H3. The van der Waals surface area contributed by atoms with Crippen LogP contribution >= 0.6 is 15.9 Å². The van der Waals surface area contributed by atoms with E-state index in [0.717, 1.165) is 5.33 Å². The summed E-state index contributed by atoms with van der Waals surface area (Å²) in [5, 5.41) is 0.766. The molecule has 14 heavy (non-hydrogen) atoms. The summed E-state index contributed by atoms with van der Waals surface area (Å²) in [7, 11) is 3.63. The normalized spacial score (nSPS) is 12.6. The lowest BCUT2D eigenvalue weighted by Gasteiger charge is -2.21. The molecular formula is C9H14BrN3O. The highest BCUT2D eigenvalue weighted by atomic mass is 79.9. The van der Waals surface area contributed by atoms with Crippen LogP contribution in [-0.4, -0.2) is 38.8 Å². The Labute approximate surface area is 92.0 Å². The van der Waals surface area contributed by atoms with E-state index in [9.17, 15) is 4.79 Å². The quantitative estimate of drug-likeness (QED) is 0.768. The molecule has 0 N–H and O–H groups in total. The van der Waals surface area contributed by atoms with Crippen LogP contribution in [0.5, 0.6) is 0 Å². The Balaban J connectivity index is 2.75. The minimum absolute atomic E-state index is 0.0439. The number of aromatic nitrogens is 2. The van der Waals surface area contributed by atoms with Crippen LogP contribution in [-0.2, 0) is 7.05 Å². The van der Waals surface area contributed by atoms with Crippen molar-refractivity contribution in [3.05, 3.63) is 18.2 Å². The van der Waals surface area contributed by atoms with Gasteiger partial charge in [-0.15, -0.1) is 0 Å². The molecule has 0 spiro atoms. The highest BCUT2D eigenvalue weighted by Crippen LogP contribution is 2.05. The number of hydrogen-bond acceptors (Lipinski definition) is 2. The first kappa shape index (κ1) is 11.2. The molecule has 5 heteroatoms. The van der Waals surface area contributed by atoms with Gasteiger partial charge in [0.1, 0.15) is 5.69 Å². The number of aryl methyl sites for hydroxylation is 1. The smallest absolute Gasteiger partial charge is 0.274 e. The molecule has 0 aliphatic carbocycles. The fraction of sp³-hybridized carbons (Fsp3) is 0.556. The minimum atomic E-state index is -0.0439. The Bertz CT molecular complexity index is 324. The van der Waals surface area contributed by atoms with Gasteiger partial charge in [0, 0.05) is 31.7 Å². The van der Waals surface area contributed by atoms with E-state index in [2.05, 4.69) is 20.9 Å². The summed E-state index contributed by atoms with van der Waals surface area (Å²) in [5.41, 5.74) is 0.489. The molecule has 0 saturated heterocycles. The van der Waals surface area contributed by atoms with Gasteiger partial charge in [-0.25, -0.2) is 4.98 Å². The number of nitrogens with zero attached hydrogens (tertiary/aromatic N) is 3. The maximum absolute atomic E-state index is 11.8. The third-order valence-corrected chi connectivity index (χ3v) is 3.07. The highest BCUT2D eigenvalue weighted by molar-refractivity contribution is 9.09. The molecule has 0 fully saturated rings. The van der Waals surface area contributed by atoms with Crippen LogP contribution in [0.3, 0.4) is 0 Å². The fourth-order valence-electron chi connectivity index (χ4n) is 1.01. The lowest BCUT2D eigenvalue weighted by molar-refractivity contribution is 0.0752. The first-order valence-electron chi connectivity index (χ1n) is 4.37. The SMILES string of the molecule is CC(CBr)N(C)C(=O)c1cn(C)cn1. The van der Waals surface area contributed by atoms with Crippen LogP contribution in [0.1, 0.15) is 17.4 Å². The van der Waals surface area contributed by atoms with Crippen molar-refractivity contribution in [1.29, 1.82) is 0 Å². The lowest BCUT2D eigenvalue weighted by Crippen LogP contribution is -2.36. The van der Waals surface area contributed by atoms with Crippen molar-refractivity contribution in [2.24, 2.45) is 7.05 Å². The van der Waals surface area contributed by atoms with Gasteiger partial charge in [-0.2, -0.15) is 0 Å². The van der Waals surface area contributed by atoms with Crippen LogP contribution in [0.4, 0.5) is 0 Å². The molecule has 1 heterocycles. The zero-order chi connectivity index (χ0) is 10.7. The van der Waals surface area contributed by atoms with Crippen molar-refractivity contribution in [3.8, 4) is 0 Å². The lowest BCUT2D eigenvalue weighted by atomic mass is 10.3. The molecule has 0 radical (unpaired) electrons. The van der Waals surface area contributed by atoms with E-state index in [4.69, 9.17) is 0 Å². The van der Waals surface area contributed by atoms with E-state index in [1.807, 2.05) is 14.0 Å². The first-order valence-corrected chi connectivity index (χ1v) is 5.49. The average molecular weight is 260 g/mol. The Hall–Kier alpha value is -0.840. The molecule has 0 bridgehead atoms. The zero-order valence-corrected chi connectivity index (χ0v) is 10.2. The van der Waals surface area contributed by atoms with E-state index in [0.29, 0.717) is 5.69 Å². The Morgan fingerprint density at radius 1 is 1.79 bits per heavy atom. The van der Waals surface area contributed by atoms with E-state index in [1.165, 1.54) is 0 Å². The summed E-state index contributed by atoms with van der Waals surface area (Å²) in [5.74, 6) is -0.0439. The van der Waals surface area contributed by atoms with Gasteiger partial charge in [0.2, 0.25) is 0 Å². The summed E-state index contributed by atoms with van der Waals surface area (Å²) >= 11 is 3.34. The Morgan fingerprint density at radius 2 is 2.43 bits per heavy atom. The average Bonchev–Trinajstić information content (AvgIpc) is 2.61. The molecular weight excluding hydrogens is 246 g/mol. The van der Waals surface area contributed by atoms with Gasteiger partial charge >= 0.3 is 0 Å². The van der Waals surface area contributed by atoms with Crippen molar-refractivity contribution >= 4 is 21.8 Å². The first-order chi connectivity index (χ1) is 6.56. The van der Waals surface area contributed by atoms with Gasteiger partial charge in [0.05, 0.1) is 6.33 Å². The zero-order valence-electron chi connectivity index (χ0n) is 8.57. The highest BCUT2D eigenvalue weighted by Gasteiger charge is 2.18. The molecule has 0 aliphatic heterocycles. The number of carbonyl (C=O) groups is 1. The van der Waals surface area contributed by atoms with Crippen LogP contribution in [0.2, 0.25) is 0 Å². The number of hydrogen-bond donors (Lipinski definition) is 0. The topological polar surface area (TPSA) is 38.1 Å². The summed E-state index contributed by atoms with van der Waals surface area (Å²) in [6.07, 6.45) is 3.35. The van der Waals surface area contributed by atoms with Crippen LogP contribution < -0.4 is 0 Å². The third kappa shape index (κ3) is 2.35. The van der Waals surface area contributed by atoms with Crippen molar-refractivity contribution in [2.45, 2.75) is 13.0 Å². The van der Waals surface area contributed by atoms with Crippen LogP contribution in [0.15, 0.2) is 12.5 Å². The summed E-state index contributed by atoms with van der Waals surface area (Å²) in [4.78, 5) is 17.5. The third-order valence-electron chi connectivity index (χ3n) is 2.13. The molecule has 1 aromatic heterocycles. The van der Waals surface area contributed by atoms with Crippen molar-refractivity contribution in [2.75, 3.05) is 12.4 Å². The number of carbonyl (C=O) groups excluding carboxylic acids is 1. The number of amides is 1. The fourth-order valence-corrected chi connectivity index (χ4v) is 1.44. The second kappa shape index (κ2) is 4.59. The molecule has 78 valence electrons. The minimum Gasteiger partial charge on any atom is -0.340 e. The molecule has 1 aromatic rings. The summed E-state index contributed by atoms with van der Waals surface area (Å²) in [6, 6.07) is 0.171. The van der Waals surface area contributed by atoms with Gasteiger partial charge in [-0.05, 0) is 6.92 Å². The van der Waals surface area contributed by atoms with Crippen LogP contribution in [0, 0.1) is 0 Å². The molecule has 4 nitrogen and oxygen atoms in total. The van der Waals surface area contributed by atoms with Crippen molar-refractivity contribution in [3.63, 3.8) is 0 Å². The van der Waals surface area contributed by atoms with Crippen molar-refractivity contribution < 1.29 is 4.79 Å². The Morgan fingerprint density at radius 3 is 2.86 bits per heavy atom. The summed E-state index contributed by atoms with van der Waals surface area (Å²) in [6.45, 7) is 1.98. The van der Waals surface area contributed by atoms with Crippen molar-refractivity contribution in [1.82, 2.24) is 14.5 Å².